The second-order valence-corrected chi connectivity index (χ2v) is 4.90. The first-order valence-corrected chi connectivity index (χ1v) is 6.43. The monoisotopic (exact) mass is 354 g/mol. The van der Waals surface area contributed by atoms with Gasteiger partial charge in [0, 0.05) is 6.07 Å². The Bertz CT molecular complexity index is 552. The molecule has 0 aliphatic carbocycles. The molecule has 1 N–H and O–H groups in total. The third-order valence-electron chi connectivity index (χ3n) is 2.45. The number of hydrogen-bond donors (Lipinski definition) is 1. The quantitative estimate of drug-likeness (QED) is 0.676. The molecule has 0 bridgehead atoms. The van der Waals surface area contributed by atoms with Crippen molar-refractivity contribution < 1.29 is 14.6 Å². The minimum absolute atomic E-state index is 0.0616. The van der Waals surface area contributed by atoms with Gasteiger partial charge in [0.25, 0.3) is 0 Å². The first-order chi connectivity index (χ1) is 8.70. The van der Waals surface area contributed by atoms with E-state index in [9.17, 15) is 9.90 Å². The number of carbonyl (C=O) groups excluding carboxylic acids is 1. The molecule has 0 saturated carbocycles. The van der Waals surface area contributed by atoms with Gasteiger partial charge in [-0.05, 0) is 34.2 Å². The van der Waals surface area contributed by atoms with Crippen LogP contribution in [0.2, 0.25) is 0 Å². The van der Waals surface area contributed by atoms with Gasteiger partial charge in [-0.15, -0.1) is 0 Å². The Labute approximate surface area is 119 Å². The molecule has 0 amide bonds. The molecular formula is C14H11IO3. The Kier molecular flexibility index (Phi) is 4.19. The fraction of sp³-hybridized carbons (Fsp3) is 0.0714. The Morgan fingerprint density at radius 2 is 1.94 bits per heavy atom. The zero-order chi connectivity index (χ0) is 13.0. The largest absolute Gasteiger partial charge is 0.507 e. The van der Waals surface area contributed by atoms with Crippen molar-refractivity contribution >= 4 is 28.9 Å². The first kappa shape index (κ1) is 12.9. The highest BCUT2D eigenvalue weighted by Gasteiger charge is 2.08. The molecule has 3 nitrogen and oxygen atoms in total. The highest BCUT2D eigenvalue weighted by molar-refractivity contribution is 14.1. The van der Waals surface area contributed by atoms with Gasteiger partial charge in [-0.25, -0.2) is 0 Å². The second-order valence-electron chi connectivity index (χ2n) is 3.73. The highest BCUT2D eigenvalue weighted by atomic mass is 127. The van der Waals surface area contributed by atoms with E-state index in [1.165, 1.54) is 6.07 Å². The maximum absolute atomic E-state index is 10.7. The maximum atomic E-state index is 10.7. The number of carbonyl (C=O) groups is 1. The summed E-state index contributed by atoms with van der Waals surface area (Å²) in [5.41, 5.74) is 1.32. The summed E-state index contributed by atoms with van der Waals surface area (Å²) in [4.78, 5) is 10.7. The molecule has 92 valence electrons. The van der Waals surface area contributed by atoms with Gasteiger partial charge < -0.3 is 9.84 Å². The van der Waals surface area contributed by atoms with Crippen LogP contribution in [0.5, 0.6) is 11.5 Å². The molecule has 0 aliphatic rings. The van der Waals surface area contributed by atoms with Gasteiger partial charge >= 0.3 is 0 Å². The highest BCUT2D eigenvalue weighted by Crippen LogP contribution is 2.29. The lowest BCUT2D eigenvalue weighted by Gasteiger charge is -2.09. The maximum Gasteiger partial charge on any atom is 0.153 e. The van der Waals surface area contributed by atoms with Crippen LogP contribution in [0, 0.1) is 3.57 Å². The number of aldehydes is 1. The fourth-order valence-electron chi connectivity index (χ4n) is 1.50. The average molecular weight is 354 g/mol. The Morgan fingerprint density at radius 3 is 2.61 bits per heavy atom. The number of aromatic hydroxyl groups is 1. The van der Waals surface area contributed by atoms with Crippen LogP contribution < -0.4 is 4.74 Å². The zero-order valence-electron chi connectivity index (χ0n) is 9.47. The summed E-state index contributed by atoms with van der Waals surface area (Å²) in [6.07, 6.45) is 0.623. The zero-order valence-corrected chi connectivity index (χ0v) is 11.6. The topological polar surface area (TPSA) is 46.5 Å². The van der Waals surface area contributed by atoms with E-state index in [-0.39, 0.29) is 11.3 Å². The molecule has 0 saturated heterocycles. The van der Waals surface area contributed by atoms with E-state index < -0.39 is 0 Å². The number of benzene rings is 2. The SMILES string of the molecule is O=Cc1cc(I)c(OCc2ccccc2)cc1O. The van der Waals surface area contributed by atoms with Crippen LogP contribution in [0.25, 0.3) is 0 Å². The van der Waals surface area contributed by atoms with Crippen LogP contribution in [-0.4, -0.2) is 11.4 Å². The third kappa shape index (κ3) is 3.01. The van der Waals surface area contributed by atoms with Crippen molar-refractivity contribution in [3.63, 3.8) is 0 Å². The molecule has 0 spiro atoms. The molecule has 0 atom stereocenters. The summed E-state index contributed by atoms with van der Waals surface area (Å²) in [5, 5.41) is 9.60. The molecule has 0 unspecified atom stereocenters. The van der Waals surface area contributed by atoms with Gasteiger partial charge in [-0.2, -0.15) is 0 Å². The van der Waals surface area contributed by atoms with Gasteiger partial charge in [0.05, 0.1) is 9.13 Å². The number of halogens is 1. The third-order valence-corrected chi connectivity index (χ3v) is 3.29. The molecule has 0 fully saturated rings. The van der Waals surface area contributed by atoms with Crippen molar-refractivity contribution in [3.8, 4) is 11.5 Å². The first-order valence-electron chi connectivity index (χ1n) is 5.35. The van der Waals surface area contributed by atoms with E-state index >= 15 is 0 Å². The summed E-state index contributed by atoms with van der Waals surface area (Å²) in [5.74, 6) is 0.510. The molecule has 0 aromatic heterocycles. The average Bonchev–Trinajstić information content (AvgIpc) is 2.40. The lowest BCUT2D eigenvalue weighted by atomic mass is 10.2. The van der Waals surface area contributed by atoms with E-state index in [0.717, 1.165) is 9.13 Å². The van der Waals surface area contributed by atoms with Crippen molar-refractivity contribution in [1.29, 1.82) is 0 Å². The van der Waals surface area contributed by atoms with Gasteiger partial charge in [0.1, 0.15) is 18.1 Å². The number of phenolic OH excluding ortho intramolecular Hbond substituents is 1. The van der Waals surface area contributed by atoms with Crippen LogP contribution in [0.3, 0.4) is 0 Å². The van der Waals surface area contributed by atoms with E-state index in [1.54, 1.807) is 6.07 Å². The van der Waals surface area contributed by atoms with E-state index in [4.69, 9.17) is 4.74 Å². The lowest BCUT2D eigenvalue weighted by Crippen LogP contribution is -1.97. The minimum Gasteiger partial charge on any atom is -0.507 e. The smallest absolute Gasteiger partial charge is 0.153 e. The summed E-state index contributed by atoms with van der Waals surface area (Å²) in [6.45, 7) is 0.427. The van der Waals surface area contributed by atoms with Crippen molar-refractivity contribution in [3.05, 3.63) is 57.2 Å². The summed E-state index contributed by atoms with van der Waals surface area (Å²) >= 11 is 2.07. The summed E-state index contributed by atoms with van der Waals surface area (Å²) < 4.78 is 6.41. The molecule has 2 rings (SSSR count). The van der Waals surface area contributed by atoms with Crippen LogP contribution in [0.4, 0.5) is 0 Å². The van der Waals surface area contributed by atoms with Crippen molar-refractivity contribution in [1.82, 2.24) is 0 Å². The molecule has 4 heteroatoms. The van der Waals surface area contributed by atoms with E-state index in [2.05, 4.69) is 22.6 Å². The molecule has 0 aliphatic heterocycles. The Balaban J connectivity index is 2.15. The molecule has 0 radical (unpaired) electrons. The van der Waals surface area contributed by atoms with Crippen LogP contribution in [0.1, 0.15) is 15.9 Å². The summed E-state index contributed by atoms with van der Waals surface area (Å²) in [6, 6.07) is 12.8. The predicted molar refractivity (Wildman–Crippen MR) is 77.0 cm³/mol. The van der Waals surface area contributed by atoms with Crippen LogP contribution in [-0.2, 0) is 6.61 Å². The number of ether oxygens (including phenoxy) is 1. The van der Waals surface area contributed by atoms with Crippen molar-refractivity contribution in [2.45, 2.75) is 6.61 Å². The van der Waals surface area contributed by atoms with Crippen LogP contribution in [0.15, 0.2) is 42.5 Å². The predicted octanol–water partition coefficient (Wildman–Crippen LogP) is 3.39. The Hall–Kier alpha value is -1.56. The number of hydrogen-bond acceptors (Lipinski definition) is 3. The molecular weight excluding hydrogens is 343 g/mol. The number of phenols is 1. The minimum atomic E-state index is -0.0616. The van der Waals surface area contributed by atoms with E-state index in [1.807, 2.05) is 30.3 Å². The van der Waals surface area contributed by atoms with Crippen LogP contribution >= 0.6 is 22.6 Å². The fourth-order valence-corrected chi connectivity index (χ4v) is 2.15. The van der Waals surface area contributed by atoms with Gasteiger partial charge in [-0.1, -0.05) is 30.3 Å². The number of rotatable bonds is 4. The van der Waals surface area contributed by atoms with Gasteiger partial charge in [0.15, 0.2) is 6.29 Å². The molecule has 2 aromatic carbocycles. The molecule has 0 heterocycles. The van der Waals surface area contributed by atoms with E-state index in [0.29, 0.717) is 18.6 Å². The summed E-state index contributed by atoms with van der Waals surface area (Å²) in [7, 11) is 0. The van der Waals surface area contributed by atoms with Gasteiger partial charge in [0.2, 0.25) is 0 Å². The molecule has 18 heavy (non-hydrogen) atoms. The normalized spacial score (nSPS) is 10.1. The van der Waals surface area contributed by atoms with Crippen molar-refractivity contribution in [2.75, 3.05) is 0 Å². The van der Waals surface area contributed by atoms with Crippen molar-refractivity contribution in [2.24, 2.45) is 0 Å². The Morgan fingerprint density at radius 1 is 1.22 bits per heavy atom. The molecule has 2 aromatic rings. The van der Waals surface area contributed by atoms with Gasteiger partial charge in [-0.3, -0.25) is 4.79 Å². The standard InChI is InChI=1S/C14H11IO3/c15-12-6-11(8-16)13(17)7-14(12)18-9-10-4-2-1-3-5-10/h1-8,17H,9H2. The second kappa shape index (κ2) is 5.86. The lowest BCUT2D eigenvalue weighted by molar-refractivity contribution is 0.112.